The van der Waals surface area contributed by atoms with Gasteiger partial charge in [0.2, 0.25) is 0 Å². The van der Waals surface area contributed by atoms with Crippen molar-refractivity contribution in [3.05, 3.63) is 72.9 Å². The highest BCUT2D eigenvalue weighted by atomic mass is 31.2. The predicted molar refractivity (Wildman–Crippen MR) is 247 cm³/mol. The molecule has 0 aliphatic carbocycles. The van der Waals surface area contributed by atoms with E-state index >= 15 is 0 Å². The molecule has 3 N–H and O–H groups in total. The topological polar surface area (TPSA) is 117 Å². The standard InChI is InChI=1S/C49H88NO7P/c1-3-5-7-9-11-13-15-17-19-21-22-23-24-25-26-27-28-30-32-34-36-38-40-42-49(51)57-48(47-56-58(52,53)55-45-43-50)46-54-44-41-39-37-35-33-31-29-20-18-16-14-12-10-8-6-4-2/h5,7,11,13,17-20,22-23,25-26,48H,3-4,6,8-10,12,14-16,21,24,27-47,50H2,1-2H3,(H,52,53)/b7-5-,13-11-,19-17-,20-18-,23-22-,26-25-. The fraction of sp³-hybridized carbons (Fsp3) is 0.735. The lowest BCUT2D eigenvalue weighted by Crippen LogP contribution is -2.28. The van der Waals surface area contributed by atoms with E-state index < -0.39 is 13.9 Å². The SMILES string of the molecule is CC/C=C\C/C=C\C/C=C\C/C=C\C/C=C\CCCCCCCCCC(=O)OC(COCCCCCCCC/C=C\CCCCCCCC)COP(=O)(O)OCCN. The third-order valence-corrected chi connectivity index (χ3v) is 10.6. The minimum absolute atomic E-state index is 0.0941. The van der Waals surface area contributed by atoms with Gasteiger partial charge in [0.15, 0.2) is 0 Å². The summed E-state index contributed by atoms with van der Waals surface area (Å²) in [5.41, 5.74) is 5.38. The number of phosphoric acid groups is 1. The second kappa shape index (κ2) is 46.0. The van der Waals surface area contributed by atoms with Crippen LogP contribution in [0.25, 0.3) is 0 Å². The molecule has 0 aromatic rings. The van der Waals surface area contributed by atoms with E-state index in [1.807, 2.05) is 0 Å². The molecule has 0 aliphatic heterocycles. The third-order valence-electron chi connectivity index (χ3n) is 9.61. The van der Waals surface area contributed by atoms with E-state index in [4.69, 9.17) is 24.3 Å². The van der Waals surface area contributed by atoms with Gasteiger partial charge in [-0.2, -0.15) is 0 Å². The Morgan fingerprint density at radius 1 is 0.534 bits per heavy atom. The van der Waals surface area contributed by atoms with E-state index in [9.17, 15) is 14.3 Å². The largest absolute Gasteiger partial charge is 0.472 e. The summed E-state index contributed by atoms with van der Waals surface area (Å²) in [6.45, 7) is 4.77. The van der Waals surface area contributed by atoms with Crippen LogP contribution in [0.1, 0.15) is 194 Å². The summed E-state index contributed by atoms with van der Waals surface area (Å²) >= 11 is 0. The smallest absolute Gasteiger partial charge is 0.457 e. The van der Waals surface area contributed by atoms with E-state index in [2.05, 4.69) is 86.8 Å². The summed E-state index contributed by atoms with van der Waals surface area (Å²) in [4.78, 5) is 22.5. The van der Waals surface area contributed by atoms with Crippen LogP contribution >= 0.6 is 7.82 Å². The number of esters is 1. The maximum Gasteiger partial charge on any atom is 0.472 e. The molecule has 0 aliphatic rings. The summed E-state index contributed by atoms with van der Waals surface area (Å²) < 4.78 is 33.5. The van der Waals surface area contributed by atoms with Crippen molar-refractivity contribution in [2.75, 3.05) is 33.0 Å². The molecule has 0 amide bonds. The molecule has 58 heavy (non-hydrogen) atoms. The molecule has 0 spiro atoms. The highest BCUT2D eigenvalue weighted by Crippen LogP contribution is 2.43. The van der Waals surface area contributed by atoms with Gasteiger partial charge in [0.1, 0.15) is 6.10 Å². The highest BCUT2D eigenvalue weighted by Gasteiger charge is 2.25. The van der Waals surface area contributed by atoms with Crippen LogP contribution in [-0.2, 0) is 27.9 Å². The lowest BCUT2D eigenvalue weighted by atomic mass is 10.1. The van der Waals surface area contributed by atoms with Crippen molar-refractivity contribution >= 4 is 13.8 Å². The molecule has 8 nitrogen and oxygen atoms in total. The monoisotopic (exact) mass is 834 g/mol. The Balaban J connectivity index is 4.04. The molecule has 0 aromatic carbocycles. The van der Waals surface area contributed by atoms with Gasteiger partial charge in [-0.25, -0.2) is 4.57 Å². The van der Waals surface area contributed by atoms with Crippen LogP contribution in [0.3, 0.4) is 0 Å². The van der Waals surface area contributed by atoms with Crippen LogP contribution in [0, 0.1) is 0 Å². The maximum atomic E-state index is 12.6. The van der Waals surface area contributed by atoms with E-state index in [1.165, 1.54) is 96.3 Å². The van der Waals surface area contributed by atoms with Crippen LogP contribution in [-0.4, -0.2) is 49.9 Å². The zero-order chi connectivity index (χ0) is 42.3. The molecule has 2 atom stereocenters. The van der Waals surface area contributed by atoms with Crippen molar-refractivity contribution < 1.29 is 32.8 Å². The molecule has 9 heteroatoms. The predicted octanol–water partition coefficient (Wildman–Crippen LogP) is 14.3. The number of unbranched alkanes of at least 4 members (excludes halogenated alkanes) is 19. The van der Waals surface area contributed by atoms with E-state index in [0.717, 1.165) is 77.0 Å². The van der Waals surface area contributed by atoms with Crippen LogP contribution in [0.15, 0.2) is 72.9 Å². The average Bonchev–Trinajstić information content (AvgIpc) is 3.21. The van der Waals surface area contributed by atoms with Crippen LogP contribution < -0.4 is 5.73 Å². The minimum Gasteiger partial charge on any atom is -0.457 e. The molecule has 2 unspecified atom stereocenters. The summed E-state index contributed by atoms with van der Waals surface area (Å²) in [5.74, 6) is -0.345. The fourth-order valence-corrected chi connectivity index (χ4v) is 6.96. The summed E-state index contributed by atoms with van der Waals surface area (Å²) in [5, 5.41) is 0. The Morgan fingerprint density at radius 2 is 0.966 bits per heavy atom. The molecule has 0 saturated heterocycles. The fourth-order valence-electron chi connectivity index (χ4n) is 6.19. The first-order chi connectivity index (χ1) is 28.4. The van der Waals surface area contributed by atoms with Gasteiger partial charge in [0, 0.05) is 19.6 Å². The lowest BCUT2D eigenvalue weighted by molar-refractivity contribution is -0.154. The first-order valence-corrected chi connectivity index (χ1v) is 24.9. The number of allylic oxidation sites excluding steroid dienone is 12. The number of phosphoric ester groups is 1. The van der Waals surface area contributed by atoms with E-state index in [1.54, 1.807) is 0 Å². The molecule has 0 heterocycles. The molecule has 0 fully saturated rings. The van der Waals surface area contributed by atoms with Crippen molar-refractivity contribution in [3.63, 3.8) is 0 Å². The zero-order valence-corrected chi connectivity index (χ0v) is 38.2. The highest BCUT2D eigenvalue weighted by molar-refractivity contribution is 7.47. The van der Waals surface area contributed by atoms with Crippen LogP contribution in [0.2, 0.25) is 0 Å². The molecule has 0 rings (SSSR count). The Bertz CT molecular complexity index is 1120. The number of carbonyl (C=O) groups is 1. The van der Waals surface area contributed by atoms with Gasteiger partial charge in [0.05, 0.1) is 19.8 Å². The molecular formula is C49H88NO7P. The second-order valence-corrected chi connectivity index (χ2v) is 16.7. The molecular weight excluding hydrogens is 746 g/mol. The number of rotatable bonds is 44. The summed E-state index contributed by atoms with van der Waals surface area (Å²) in [7, 11) is -4.29. The normalized spacial score (nSPS) is 14.1. The summed E-state index contributed by atoms with van der Waals surface area (Å²) in [6.07, 6.45) is 57.8. The van der Waals surface area contributed by atoms with Crippen molar-refractivity contribution in [1.29, 1.82) is 0 Å². The molecule has 0 aromatic heterocycles. The van der Waals surface area contributed by atoms with Crippen molar-refractivity contribution in [3.8, 4) is 0 Å². The van der Waals surface area contributed by atoms with Gasteiger partial charge >= 0.3 is 13.8 Å². The van der Waals surface area contributed by atoms with Gasteiger partial charge in [-0.05, 0) is 83.5 Å². The van der Waals surface area contributed by atoms with Crippen LogP contribution in [0.5, 0.6) is 0 Å². The molecule has 0 saturated carbocycles. The van der Waals surface area contributed by atoms with Crippen molar-refractivity contribution in [2.24, 2.45) is 5.73 Å². The Hall–Kier alpha value is -2.06. The number of carbonyl (C=O) groups excluding carboxylic acids is 1. The quantitative estimate of drug-likeness (QED) is 0.0270. The van der Waals surface area contributed by atoms with Crippen LogP contribution in [0.4, 0.5) is 0 Å². The number of hydrogen-bond donors (Lipinski definition) is 2. The summed E-state index contributed by atoms with van der Waals surface area (Å²) in [6, 6.07) is 0. The van der Waals surface area contributed by atoms with Gasteiger partial charge < -0.3 is 20.1 Å². The van der Waals surface area contributed by atoms with Crippen molar-refractivity contribution in [2.45, 2.75) is 200 Å². The van der Waals surface area contributed by atoms with Gasteiger partial charge in [-0.1, -0.05) is 177 Å². The Kier molecular flexibility index (Phi) is 44.4. The van der Waals surface area contributed by atoms with E-state index in [-0.39, 0.29) is 32.3 Å². The molecule has 0 radical (unpaired) electrons. The second-order valence-electron chi connectivity index (χ2n) is 15.2. The van der Waals surface area contributed by atoms with Crippen molar-refractivity contribution in [1.82, 2.24) is 0 Å². The number of ether oxygens (including phenoxy) is 2. The Labute approximate surface area is 356 Å². The van der Waals surface area contributed by atoms with E-state index in [0.29, 0.717) is 13.0 Å². The number of hydrogen-bond acceptors (Lipinski definition) is 7. The minimum atomic E-state index is -4.29. The molecule has 0 bridgehead atoms. The first kappa shape index (κ1) is 55.9. The average molecular weight is 834 g/mol. The maximum absolute atomic E-state index is 12.6. The lowest BCUT2D eigenvalue weighted by Gasteiger charge is -2.20. The Morgan fingerprint density at radius 3 is 1.47 bits per heavy atom. The number of nitrogens with two attached hydrogens (primary N) is 1. The first-order valence-electron chi connectivity index (χ1n) is 23.4. The zero-order valence-electron chi connectivity index (χ0n) is 37.3. The van der Waals surface area contributed by atoms with Gasteiger partial charge in [-0.3, -0.25) is 13.8 Å². The van der Waals surface area contributed by atoms with Gasteiger partial charge in [-0.15, -0.1) is 0 Å². The van der Waals surface area contributed by atoms with Gasteiger partial charge in [0.25, 0.3) is 0 Å². The molecule has 336 valence electrons. The third kappa shape index (κ3) is 45.0.